The van der Waals surface area contributed by atoms with Crippen molar-refractivity contribution in [2.24, 2.45) is 0 Å². The SMILES string of the molecule is COc1ccc([Te]c2ccc(OC)c(-c3ccccc3)c2)cc1-c1ccccc1. The van der Waals surface area contributed by atoms with E-state index in [4.69, 9.17) is 9.47 Å². The third-order valence-electron chi connectivity index (χ3n) is 4.75. The van der Waals surface area contributed by atoms with E-state index in [0.29, 0.717) is 0 Å². The van der Waals surface area contributed by atoms with Crippen molar-refractivity contribution in [1.29, 1.82) is 0 Å². The predicted octanol–water partition coefficient (Wildman–Crippen LogP) is 4.69. The van der Waals surface area contributed by atoms with E-state index < -0.39 is 20.9 Å². The molecule has 0 radical (unpaired) electrons. The first-order chi connectivity index (χ1) is 14.3. The molecule has 4 aromatic rings. The van der Waals surface area contributed by atoms with Crippen molar-refractivity contribution in [3.05, 3.63) is 97.1 Å². The van der Waals surface area contributed by atoms with Crippen molar-refractivity contribution in [3.63, 3.8) is 0 Å². The van der Waals surface area contributed by atoms with Gasteiger partial charge in [0.05, 0.1) is 0 Å². The van der Waals surface area contributed by atoms with Crippen LogP contribution in [0.4, 0.5) is 0 Å². The molecule has 0 fully saturated rings. The van der Waals surface area contributed by atoms with Gasteiger partial charge in [0.2, 0.25) is 0 Å². The fraction of sp³-hybridized carbons (Fsp3) is 0.0769. The Labute approximate surface area is 182 Å². The summed E-state index contributed by atoms with van der Waals surface area (Å²) in [7, 11) is 3.46. The molecule has 3 heteroatoms. The third kappa shape index (κ3) is 4.48. The van der Waals surface area contributed by atoms with Gasteiger partial charge in [-0.2, -0.15) is 0 Å². The molecule has 0 bridgehead atoms. The number of hydrogen-bond donors (Lipinski definition) is 0. The maximum atomic E-state index is 5.61. The molecule has 0 saturated carbocycles. The van der Waals surface area contributed by atoms with Crippen LogP contribution >= 0.6 is 0 Å². The molecule has 4 rings (SSSR count). The van der Waals surface area contributed by atoms with Crippen molar-refractivity contribution in [2.75, 3.05) is 14.2 Å². The van der Waals surface area contributed by atoms with Crippen LogP contribution < -0.4 is 16.7 Å². The van der Waals surface area contributed by atoms with E-state index in [9.17, 15) is 0 Å². The summed E-state index contributed by atoms with van der Waals surface area (Å²) in [4.78, 5) is 0. The molecule has 0 N–H and O–H groups in total. The average molecular weight is 494 g/mol. The molecule has 0 amide bonds. The van der Waals surface area contributed by atoms with Crippen LogP contribution in [-0.2, 0) is 0 Å². The van der Waals surface area contributed by atoms with Gasteiger partial charge in [-0.15, -0.1) is 0 Å². The number of ether oxygens (including phenoxy) is 2. The van der Waals surface area contributed by atoms with Gasteiger partial charge < -0.3 is 0 Å². The summed E-state index contributed by atoms with van der Waals surface area (Å²) >= 11 is -0.550. The summed E-state index contributed by atoms with van der Waals surface area (Å²) in [5.74, 6) is 1.82. The first-order valence-electron chi connectivity index (χ1n) is 9.43. The topological polar surface area (TPSA) is 18.5 Å². The summed E-state index contributed by atoms with van der Waals surface area (Å²) in [6, 6.07) is 34.0. The Morgan fingerprint density at radius 2 is 0.931 bits per heavy atom. The van der Waals surface area contributed by atoms with Gasteiger partial charge in [0.15, 0.2) is 0 Å². The summed E-state index contributed by atoms with van der Waals surface area (Å²) in [5, 5.41) is 0. The summed E-state index contributed by atoms with van der Waals surface area (Å²) in [5.41, 5.74) is 4.65. The van der Waals surface area contributed by atoms with E-state index in [1.54, 1.807) is 14.2 Å². The predicted molar refractivity (Wildman–Crippen MR) is 122 cm³/mol. The van der Waals surface area contributed by atoms with Gasteiger partial charge in [-0.05, 0) is 0 Å². The normalized spacial score (nSPS) is 10.6. The molecule has 0 aliphatic heterocycles. The maximum absolute atomic E-state index is 5.61. The fourth-order valence-electron chi connectivity index (χ4n) is 3.32. The Morgan fingerprint density at radius 1 is 0.517 bits per heavy atom. The van der Waals surface area contributed by atoms with Crippen LogP contribution in [0.2, 0.25) is 0 Å². The van der Waals surface area contributed by atoms with E-state index in [-0.39, 0.29) is 0 Å². The number of methoxy groups -OCH3 is 2. The van der Waals surface area contributed by atoms with Crippen LogP contribution in [-0.4, -0.2) is 35.1 Å². The Balaban J connectivity index is 1.70. The molecular formula is C26H22O2Te. The Bertz CT molecular complexity index is 1000. The molecule has 0 atom stereocenters. The second-order valence-corrected chi connectivity index (χ2v) is 9.83. The van der Waals surface area contributed by atoms with Gasteiger partial charge in [-0.3, -0.25) is 0 Å². The van der Waals surface area contributed by atoms with E-state index in [1.807, 2.05) is 12.1 Å². The summed E-state index contributed by atoms with van der Waals surface area (Å²) < 4.78 is 14.0. The van der Waals surface area contributed by atoms with Crippen molar-refractivity contribution in [2.45, 2.75) is 0 Å². The average Bonchev–Trinajstić information content (AvgIpc) is 2.80. The van der Waals surface area contributed by atoms with Crippen LogP contribution in [0.25, 0.3) is 22.3 Å². The van der Waals surface area contributed by atoms with Gasteiger partial charge in [0.1, 0.15) is 0 Å². The molecule has 0 heterocycles. The van der Waals surface area contributed by atoms with Gasteiger partial charge in [0, 0.05) is 0 Å². The number of benzene rings is 4. The van der Waals surface area contributed by atoms with Crippen LogP contribution in [0.15, 0.2) is 97.1 Å². The van der Waals surface area contributed by atoms with Crippen LogP contribution in [0.5, 0.6) is 11.5 Å². The molecule has 144 valence electrons. The number of rotatable bonds is 6. The Hall–Kier alpha value is -2.73. The molecular weight excluding hydrogens is 472 g/mol. The zero-order chi connectivity index (χ0) is 20.1. The Kier molecular flexibility index (Phi) is 6.20. The summed E-state index contributed by atoms with van der Waals surface area (Å²) in [6.45, 7) is 0. The van der Waals surface area contributed by atoms with Gasteiger partial charge in [-0.25, -0.2) is 0 Å². The molecule has 0 saturated heterocycles. The molecule has 4 aromatic carbocycles. The van der Waals surface area contributed by atoms with Gasteiger partial charge >= 0.3 is 183 Å². The molecule has 0 aliphatic carbocycles. The fourth-order valence-corrected chi connectivity index (χ4v) is 5.89. The second-order valence-electron chi connectivity index (χ2n) is 6.56. The monoisotopic (exact) mass is 496 g/mol. The standard InChI is InChI=1S/C26H22O2Te/c1-27-25-15-13-21(17-23(25)19-9-5-3-6-10-19)29-22-14-16-26(28-2)24(18-22)20-11-7-4-8-12-20/h3-18H,1-2H3. The zero-order valence-electron chi connectivity index (χ0n) is 16.5. The van der Waals surface area contributed by atoms with Crippen molar-refractivity contribution >= 4 is 28.1 Å². The first kappa shape index (κ1) is 19.6. The Morgan fingerprint density at radius 3 is 1.31 bits per heavy atom. The molecule has 0 spiro atoms. The van der Waals surface area contributed by atoms with Crippen molar-refractivity contribution < 1.29 is 9.47 Å². The van der Waals surface area contributed by atoms with E-state index in [1.165, 1.54) is 18.3 Å². The number of hydrogen-bond acceptors (Lipinski definition) is 2. The van der Waals surface area contributed by atoms with Gasteiger partial charge in [-0.1, -0.05) is 0 Å². The van der Waals surface area contributed by atoms with E-state index in [2.05, 4.69) is 84.9 Å². The van der Waals surface area contributed by atoms with Gasteiger partial charge in [0.25, 0.3) is 0 Å². The molecule has 0 aromatic heterocycles. The quantitative estimate of drug-likeness (QED) is 0.363. The molecule has 2 nitrogen and oxygen atoms in total. The summed E-state index contributed by atoms with van der Waals surface area (Å²) in [6.07, 6.45) is 0. The molecule has 0 unspecified atom stereocenters. The molecule has 0 aliphatic rings. The zero-order valence-corrected chi connectivity index (χ0v) is 18.8. The van der Waals surface area contributed by atoms with Crippen LogP contribution in [0.3, 0.4) is 0 Å². The van der Waals surface area contributed by atoms with Crippen LogP contribution in [0, 0.1) is 0 Å². The molecule has 29 heavy (non-hydrogen) atoms. The third-order valence-corrected chi connectivity index (χ3v) is 7.54. The second kappa shape index (κ2) is 9.18. The van der Waals surface area contributed by atoms with Crippen molar-refractivity contribution in [1.82, 2.24) is 0 Å². The van der Waals surface area contributed by atoms with E-state index in [0.717, 1.165) is 22.6 Å². The van der Waals surface area contributed by atoms with E-state index >= 15 is 0 Å². The minimum absolute atomic E-state index is 0.550. The first-order valence-corrected chi connectivity index (χ1v) is 11.8. The van der Waals surface area contributed by atoms with Crippen LogP contribution in [0.1, 0.15) is 0 Å². The van der Waals surface area contributed by atoms with Crippen molar-refractivity contribution in [3.8, 4) is 33.8 Å². The minimum atomic E-state index is -0.550.